The number of amides is 3. The second kappa shape index (κ2) is 9.01. The quantitative estimate of drug-likeness (QED) is 0.817. The maximum absolute atomic E-state index is 12.6. The Morgan fingerprint density at radius 2 is 1.61 bits per heavy atom. The molecule has 0 saturated carbocycles. The molecule has 2 heterocycles. The van der Waals surface area contributed by atoms with Crippen LogP contribution in [0.3, 0.4) is 0 Å². The van der Waals surface area contributed by atoms with Gasteiger partial charge in [-0.1, -0.05) is 0 Å². The number of carbonyl (C=O) groups excluding carboxylic acids is 2. The number of nitrogens with zero attached hydrogens (tertiary/aromatic N) is 2. The van der Waals surface area contributed by atoms with Crippen LogP contribution in [0.4, 0.5) is 10.5 Å². The highest BCUT2D eigenvalue weighted by atomic mass is 16.5. The van der Waals surface area contributed by atoms with Crippen molar-refractivity contribution >= 4 is 17.6 Å². The molecule has 1 aromatic carbocycles. The van der Waals surface area contributed by atoms with E-state index in [2.05, 4.69) is 5.32 Å². The number of urea groups is 1. The summed E-state index contributed by atoms with van der Waals surface area (Å²) in [6.45, 7) is 2.58. The molecular weight excluding hydrogens is 366 g/mol. The summed E-state index contributed by atoms with van der Waals surface area (Å²) in [5.41, 5.74) is 0.539. The summed E-state index contributed by atoms with van der Waals surface area (Å²) in [6, 6.07) is 3.12. The molecule has 0 bridgehead atoms. The number of rotatable bonds is 5. The maximum Gasteiger partial charge on any atom is 0.321 e. The van der Waals surface area contributed by atoms with Crippen LogP contribution in [0.2, 0.25) is 0 Å². The van der Waals surface area contributed by atoms with Crippen LogP contribution in [0.15, 0.2) is 12.1 Å². The van der Waals surface area contributed by atoms with Gasteiger partial charge in [0.1, 0.15) is 6.10 Å². The zero-order valence-corrected chi connectivity index (χ0v) is 16.5. The van der Waals surface area contributed by atoms with E-state index >= 15 is 0 Å². The SMILES string of the molecule is COc1cc(NC(=O)N2CCN(C(=O)C3CCCO3)CC2)cc(OC)c1OC. The van der Waals surface area contributed by atoms with Gasteiger partial charge in [0, 0.05) is 44.9 Å². The van der Waals surface area contributed by atoms with E-state index in [0.29, 0.717) is 55.7 Å². The highest BCUT2D eigenvalue weighted by Crippen LogP contribution is 2.40. The van der Waals surface area contributed by atoms with Crippen LogP contribution in [-0.4, -0.2) is 82.0 Å². The van der Waals surface area contributed by atoms with Gasteiger partial charge in [0.2, 0.25) is 5.75 Å². The lowest BCUT2D eigenvalue weighted by Gasteiger charge is -2.35. The number of hydrogen-bond acceptors (Lipinski definition) is 6. The van der Waals surface area contributed by atoms with Crippen molar-refractivity contribution in [1.29, 1.82) is 0 Å². The van der Waals surface area contributed by atoms with Gasteiger partial charge in [0.25, 0.3) is 5.91 Å². The zero-order valence-electron chi connectivity index (χ0n) is 16.5. The van der Waals surface area contributed by atoms with Gasteiger partial charge in [-0.3, -0.25) is 4.79 Å². The van der Waals surface area contributed by atoms with Crippen molar-refractivity contribution in [1.82, 2.24) is 9.80 Å². The molecule has 28 heavy (non-hydrogen) atoms. The molecule has 154 valence electrons. The maximum atomic E-state index is 12.6. The number of methoxy groups -OCH3 is 3. The van der Waals surface area contributed by atoms with Crippen LogP contribution in [0.25, 0.3) is 0 Å². The Morgan fingerprint density at radius 1 is 1.00 bits per heavy atom. The second-order valence-corrected chi connectivity index (χ2v) is 6.66. The molecule has 2 aliphatic rings. The highest BCUT2D eigenvalue weighted by Gasteiger charge is 2.31. The van der Waals surface area contributed by atoms with Gasteiger partial charge >= 0.3 is 6.03 Å². The summed E-state index contributed by atoms with van der Waals surface area (Å²) < 4.78 is 21.4. The fourth-order valence-electron chi connectivity index (χ4n) is 3.46. The van der Waals surface area contributed by atoms with Gasteiger partial charge in [0.05, 0.1) is 27.0 Å². The Morgan fingerprint density at radius 3 is 2.11 bits per heavy atom. The Balaban J connectivity index is 1.59. The average molecular weight is 393 g/mol. The Kier molecular flexibility index (Phi) is 6.45. The number of piperazine rings is 1. The van der Waals surface area contributed by atoms with Crippen LogP contribution >= 0.6 is 0 Å². The third kappa shape index (κ3) is 4.24. The van der Waals surface area contributed by atoms with Gasteiger partial charge in [-0.25, -0.2) is 4.79 Å². The van der Waals surface area contributed by atoms with Gasteiger partial charge < -0.3 is 34.1 Å². The lowest BCUT2D eigenvalue weighted by molar-refractivity contribution is -0.142. The molecule has 1 aromatic rings. The number of benzene rings is 1. The molecule has 0 spiro atoms. The lowest BCUT2D eigenvalue weighted by atomic mass is 10.2. The summed E-state index contributed by atoms with van der Waals surface area (Å²) in [6.07, 6.45) is 1.38. The third-order valence-electron chi connectivity index (χ3n) is 5.00. The number of nitrogens with one attached hydrogen (secondary N) is 1. The molecule has 1 N–H and O–H groups in total. The van der Waals surface area contributed by atoms with E-state index in [1.54, 1.807) is 21.9 Å². The van der Waals surface area contributed by atoms with Crippen molar-refractivity contribution in [3.05, 3.63) is 12.1 Å². The van der Waals surface area contributed by atoms with E-state index in [9.17, 15) is 9.59 Å². The Bertz CT molecular complexity index is 687. The predicted octanol–water partition coefficient (Wildman–Crippen LogP) is 1.57. The van der Waals surface area contributed by atoms with E-state index in [4.69, 9.17) is 18.9 Å². The molecule has 9 nitrogen and oxygen atoms in total. The predicted molar refractivity (Wildman–Crippen MR) is 102 cm³/mol. The molecule has 2 saturated heterocycles. The van der Waals surface area contributed by atoms with E-state index in [1.807, 2.05) is 0 Å². The van der Waals surface area contributed by atoms with Gasteiger partial charge in [-0.05, 0) is 12.8 Å². The topological polar surface area (TPSA) is 89.6 Å². The van der Waals surface area contributed by atoms with Gasteiger partial charge in [0.15, 0.2) is 11.5 Å². The molecule has 2 aliphatic heterocycles. The minimum absolute atomic E-state index is 0.0298. The minimum atomic E-state index is -0.320. The van der Waals surface area contributed by atoms with Crippen molar-refractivity contribution in [3.8, 4) is 17.2 Å². The Hall–Kier alpha value is -2.68. The van der Waals surface area contributed by atoms with E-state index in [-0.39, 0.29) is 18.0 Å². The average Bonchev–Trinajstić information content (AvgIpc) is 3.27. The largest absolute Gasteiger partial charge is 0.493 e. The van der Waals surface area contributed by atoms with Crippen molar-refractivity contribution in [2.75, 3.05) is 59.4 Å². The van der Waals surface area contributed by atoms with E-state index < -0.39 is 0 Å². The summed E-state index contributed by atoms with van der Waals surface area (Å²) in [4.78, 5) is 28.5. The highest BCUT2D eigenvalue weighted by molar-refractivity contribution is 5.90. The molecule has 1 unspecified atom stereocenters. The third-order valence-corrected chi connectivity index (χ3v) is 5.00. The standard InChI is InChI=1S/C19H27N3O6/c1-25-15-11-13(12-16(26-2)17(15)27-3)20-19(24)22-8-6-21(7-9-22)18(23)14-5-4-10-28-14/h11-12,14H,4-10H2,1-3H3,(H,20,24). The molecule has 0 aliphatic carbocycles. The smallest absolute Gasteiger partial charge is 0.321 e. The molecule has 9 heteroatoms. The van der Waals surface area contributed by atoms with Crippen molar-refractivity contribution in [2.24, 2.45) is 0 Å². The monoisotopic (exact) mass is 393 g/mol. The van der Waals surface area contributed by atoms with Gasteiger partial charge in [-0.2, -0.15) is 0 Å². The lowest BCUT2D eigenvalue weighted by Crippen LogP contribution is -2.53. The Labute approximate surface area is 164 Å². The van der Waals surface area contributed by atoms with Crippen LogP contribution in [0.1, 0.15) is 12.8 Å². The molecular formula is C19H27N3O6. The summed E-state index contributed by atoms with van der Waals surface area (Å²) in [5.74, 6) is 1.42. The van der Waals surface area contributed by atoms with Crippen LogP contribution in [0.5, 0.6) is 17.2 Å². The first kappa shape index (κ1) is 20.1. The fourth-order valence-corrected chi connectivity index (χ4v) is 3.46. The van der Waals surface area contributed by atoms with Crippen molar-refractivity contribution in [3.63, 3.8) is 0 Å². The molecule has 1 atom stereocenters. The fraction of sp³-hybridized carbons (Fsp3) is 0.579. The number of ether oxygens (including phenoxy) is 4. The van der Waals surface area contributed by atoms with E-state index in [1.165, 1.54) is 21.3 Å². The first-order valence-corrected chi connectivity index (χ1v) is 9.33. The normalized spacial score (nSPS) is 19.3. The summed E-state index contributed by atoms with van der Waals surface area (Å²) in [7, 11) is 4.57. The molecule has 0 radical (unpaired) electrons. The first-order chi connectivity index (χ1) is 13.6. The van der Waals surface area contributed by atoms with E-state index in [0.717, 1.165) is 12.8 Å². The van der Waals surface area contributed by atoms with Crippen molar-refractivity contribution in [2.45, 2.75) is 18.9 Å². The molecule has 2 fully saturated rings. The van der Waals surface area contributed by atoms with Crippen LogP contribution in [0, 0.1) is 0 Å². The molecule has 0 aromatic heterocycles. The number of anilines is 1. The first-order valence-electron chi connectivity index (χ1n) is 9.33. The van der Waals surface area contributed by atoms with Crippen LogP contribution < -0.4 is 19.5 Å². The van der Waals surface area contributed by atoms with Crippen molar-refractivity contribution < 1.29 is 28.5 Å². The van der Waals surface area contributed by atoms with Crippen LogP contribution in [-0.2, 0) is 9.53 Å². The zero-order chi connectivity index (χ0) is 20.1. The van der Waals surface area contributed by atoms with Gasteiger partial charge in [-0.15, -0.1) is 0 Å². The molecule has 3 rings (SSSR count). The summed E-state index contributed by atoms with van der Waals surface area (Å²) >= 11 is 0. The summed E-state index contributed by atoms with van der Waals surface area (Å²) in [5, 5.41) is 2.85. The minimum Gasteiger partial charge on any atom is -0.493 e. The number of hydrogen-bond donors (Lipinski definition) is 1. The second-order valence-electron chi connectivity index (χ2n) is 6.66. The number of carbonyl (C=O) groups is 2. The molecule has 3 amide bonds.